The number of carbonyl (C=O) groups is 1. The smallest absolute Gasteiger partial charge is 0.410 e. The molecule has 240 valence electrons. The summed E-state index contributed by atoms with van der Waals surface area (Å²) in [7, 11) is 0. The van der Waals surface area contributed by atoms with E-state index in [0.29, 0.717) is 23.1 Å². The fourth-order valence-corrected chi connectivity index (χ4v) is 5.11. The Morgan fingerprint density at radius 1 is 0.767 bits per heavy atom. The van der Waals surface area contributed by atoms with Crippen LogP contribution in [-0.4, -0.2) is 91.0 Å². The zero-order valence-electron chi connectivity index (χ0n) is 26.9. The molecule has 2 fully saturated rings. The SMILES string of the molecule is CC(C)Oc1cc(CN2CCN(C(=O)OC(C)(C)C)CC2)ccc1Cl.CC(C)Oc1cc(CN2CCNCC2)ccc1Cl. The van der Waals surface area contributed by atoms with Crippen LogP contribution >= 0.6 is 23.2 Å². The van der Waals surface area contributed by atoms with Gasteiger partial charge in [0.2, 0.25) is 0 Å². The molecule has 10 heteroatoms. The van der Waals surface area contributed by atoms with E-state index >= 15 is 0 Å². The zero-order chi connectivity index (χ0) is 31.6. The van der Waals surface area contributed by atoms with E-state index in [0.717, 1.165) is 69.4 Å². The molecule has 2 aromatic carbocycles. The number of hydrogen-bond acceptors (Lipinski definition) is 7. The van der Waals surface area contributed by atoms with Gasteiger partial charge in [-0.3, -0.25) is 9.80 Å². The topological polar surface area (TPSA) is 66.5 Å². The molecule has 0 bridgehead atoms. The Labute approximate surface area is 268 Å². The fourth-order valence-electron chi connectivity index (χ4n) is 4.78. The van der Waals surface area contributed by atoms with Crippen LogP contribution in [0.5, 0.6) is 11.5 Å². The number of nitrogens with zero attached hydrogens (tertiary/aromatic N) is 3. The lowest BCUT2D eigenvalue weighted by atomic mass is 10.2. The number of nitrogens with one attached hydrogen (secondary N) is 1. The van der Waals surface area contributed by atoms with Gasteiger partial charge in [0.15, 0.2) is 0 Å². The molecule has 2 aliphatic heterocycles. The first-order valence-corrected chi connectivity index (χ1v) is 16.1. The monoisotopic (exact) mass is 636 g/mol. The molecule has 2 heterocycles. The van der Waals surface area contributed by atoms with Crippen molar-refractivity contribution >= 4 is 29.3 Å². The Kier molecular flexibility index (Phi) is 13.7. The Balaban J connectivity index is 0.000000248. The van der Waals surface area contributed by atoms with E-state index in [2.05, 4.69) is 27.2 Å². The molecule has 0 spiro atoms. The molecule has 4 rings (SSSR count). The Morgan fingerprint density at radius 3 is 1.63 bits per heavy atom. The lowest BCUT2D eigenvalue weighted by molar-refractivity contribution is 0.0139. The number of carbonyl (C=O) groups excluding carboxylic acids is 1. The van der Waals surface area contributed by atoms with Crippen LogP contribution < -0.4 is 14.8 Å². The molecule has 2 saturated heterocycles. The highest BCUT2D eigenvalue weighted by Crippen LogP contribution is 2.28. The molecule has 1 amide bonds. The van der Waals surface area contributed by atoms with Crippen LogP contribution in [0.25, 0.3) is 0 Å². The van der Waals surface area contributed by atoms with Gasteiger partial charge in [0, 0.05) is 65.4 Å². The maximum absolute atomic E-state index is 12.1. The van der Waals surface area contributed by atoms with Crippen molar-refractivity contribution in [2.45, 2.75) is 79.4 Å². The van der Waals surface area contributed by atoms with Crippen LogP contribution in [-0.2, 0) is 17.8 Å². The predicted octanol–water partition coefficient (Wildman–Crippen LogP) is 6.71. The largest absolute Gasteiger partial charge is 0.489 e. The van der Waals surface area contributed by atoms with Crippen molar-refractivity contribution in [2.24, 2.45) is 0 Å². The van der Waals surface area contributed by atoms with E-state index < -0.39 is 5.60 Å². The van der Waals surface area contributed by atoms with Gasteiger partial charge in [0.25, 0.3) is 0 Å². The van der Waals surface area contributed by atoms with Gasteiger partial charge in [-0.15, -0.1) is 0 Å². The molecule has 2 aromatic rings. The second-order valence-electron chi connectivity index (χ2n) is 12.6. The molecular formula is C33H50Cl2N4O4. The van der Waals surface area contributed by atoms with Gasteiger partial charge in [-0.05, 0) is 83.9 Å². The number of piperazine rings is 2. The van der Waals surface area contributed by atoms with Crippen molar-refractivity contribution in [1.29, 1.82) is 0 Å². The maximum Gasteiger partial charge on any atom is 0.410 e. The van der Waals surface area contributed by atoms with E-state index in [1.807, 2.05) is 72.7 Å². The highest BCUT2D eigenvalue weighted by atomic mass is 35.5. The summed E-state index contributed by atoms with van der Waals surface area (Å²) < 4.78 is 16.9. The lowest BCUT2D eigenvalue weighted by Gasteiger charge is -2.35. The molecule has 0 aliphatic carbocycles. The van der Waals surface area contributed by atoms with Gasteiger partial charge < -0.3 is 24.4 Å². The summed E-state index contributed by atoms with van der Waals surface area (Å²) in [6.07, 6.45) is 0.00771. The quantitative estimate of drug-likeness (QED) is 0.345. The first-order valence-electron chi connectivity index (χ1n) is 15.3. The normalized spacial score (nSPS) is 16.6. The summed E-state index contributed by atoms with van der Waals surface area (Å²) in [6, 6.07) is 12.0. The molecule has 0 saturated carbocycles. The molecule has 0 unspecified atom stereocenters. The van der Waals surface area contributed by atoms with Gasteiger partial charge in [-0.25, -0.2) is 4.79 Å². The van der Waals surface area contributed by atoms with Gasteiger partial charge in [0.05, 0.1) is 22.3 Å². The standard InChI is InChI=1S/C19H29ClN2O3.C14H21ClN2O/c1-14(2)24-17-12-15(6-7-16(17)20)13-21-8-10-22(11-9-21)18(23)25-19(3,4)5;1-11(2)18-14-9-12(3-4-13(14)15)10-17-7-5-16-6-8-17/h6-7,12,14H,8-11,13H2,1-5H3;3-4,9,11,16H,5-8,10H2,1-2H3. The van der Waals surface area contributed by atoms with Crippen LogP contribution in [0.4, 0.5) is 4.79 Å². The van der Waals surface area contributed by atoms with Gasteiger partial charge in [-0.1, -0.05) is 35.3 Å². The third kappa shape index (κ3) is 12.7. The van der Waals surface area contributed by atoms with Crippen LogP contribution in [0.1, 0.15) is 59.6 Å². The minimum atomic E-state index is -0.454. The third-order valence-electron chi connectivity index (χ3n) is 6.76. The second kappa shape index (κ2) is 16.7. The van der Waals surface area contributed by atoms with Crippen molar-refractivity contribution in [2.75, 3.05) is 52.4 Å². The fraction of sp³-hybridized carbons (Fsp3) is 0.606. The van der Waals surface area contributed by atoms with E-state index in [-0.39, 0.29) is 18.3 Å². The highest BCUT2D eigenvalue weighted by molar-refractivity contribution is 6.32. The van der Waals surface area contributed by atoms with Crippen LogP contribution in [0.15, 0.2) is 36.4 Å². The number of hydrogen-bond donors (Lipinski definition) is 1. The average Bonchev–Trinajstić information content (AvgIpc) is 2.92. The molecule has 0 atom stereocenters. The summed E-state index contributed by atoms with van der Waals surface area (Å²) in [5.74, 6) is 1.51. The van der Waals surface area contributed by atoms with E-state index in [9.17, 15) is 4.79 Å². The highest BCUT2D eigenvalue weighted by Gasteiger charge is 2.26. The molecule has 43 heavy (non-hydrogen) atoms. The molecule has 0 aromatic heterocycles. The van der Waals surface area contributed by atoms with Crippen molar-refractivity contribution in [1.82, 2.24) is 20.0 Å². The van der Waals surface area contributed by atoms with E-state index in [1.54, 1.807) is 4.90 Å². The summed E-state index contributed by atoms with van der Waals surface area (Å²) >= 11 is 12.3. The third-order valence-corrected chi connectivity index (χ3v) is 7.39. The molecule has 2 aliphatic rings. The Hall–Kier alpha value is -2.23. The molecular weight excluding hydrogens is 587 g/mol. The second-order valence-corrected chi connectivity index (χ2v) is 13.4. The number of rotatable bonds is 8. The van der Waals surface area contributed by atoms with Crippen LogP contribution in [0, 0.1) is 0 Å². The van der Waals surface area contributed by atoms with Crippen molar-refractivity contribution in [3.63, 3.8) is 0 Å². The number of benzene rings is 2. The summed E-state index contributed by atoms with van der Waals surface area (Å²) in [5.41, 5.74) is 1.97. The first kappa shape index (κ1) is 35.3. The summed E-state index contributed by atoms with van der Waals surface area (Å²) in [4.78, 5) is 18.7. The predicted molar refractivity (Wildman–Crippen MR) is 176 cm³/mol. The first-order chi connectivity index (χ1) is 20.3. The number of amides is 1. The summed E-state index contributed by atoms with van der Waals surface area (Å²) in [5, 5.41) is 4.68. The Morgan fingerprint density at radius 2 is 1.21 bits per heavy atom. The van der Waals surface area contributed by atoms with Gasteiger partial charge in [0.1, 0.15) is 17.1 Å². The average molecular weight is 638 g/mol. The number of ether oxygens (including phenoxy) is 3. The van der Waals surface area contributed by atoms with Crippen LogP contribution in [0.2, 0.25) is 10.0 Å². The van der Waals surface area contributed by atoms with Crippen molar-refractivity contribution in [3.05, 3.63) is 57.6 Å². The number of halogens is 2. The van der Waals surface area contributed by atoms with E-state index in [1.165, 1.54) is 5.56 Å². The lowest BCUT2D eigenvalue weighted by Crippen LogP contribution is -2.49. The Bertz CT molecular complexity index is 1160. The molecule has 8 nitrogen and oxygen atoms in total. The van der Waals surface area contributed by atoms with Crippen LogP contribution in [0.3, 0.4) is 0 Å². The van der Waals surface area contributed by atoms with Gasteiger partial charge >= 0.3 is 6.09 Å². The maximum atomic E-state index is 12.1. The minimum absolute atomic E-state index is 0.0881. The zero-order valence-corrected chi connectivity index (χ0v) is 28.4. The van der Waals surface area contributed by atoms with E-state index in [4.69, 9.17) is 37.4 Å². The summed E-state index contributed by atoms with van der Waals surface area (Å²) in [6.45, 7) is 22.8. The van der Waals surface area contributed by atoms with Crippen molar-refractivity contribution < 1.29 is 19.0 Å². The van der Waals surface area contributed by atoms with Crippen molar-refractivity contribution in [3.8, 4) is 11.5 Å². The minimum Gasteiger partial charge on any atom is -0.489 e. The van der Waals surface area contributed by atoms with Gasteiger partial charge in [-0.2, -0.15) is 0 Å². The molecule has 0 radical (unpaired) electrons. The molecule has 1 N–H and O–H groups in total.